The third-order valence-corrected chi connectivity index (χ3v) is 5.06. The number of carboxylic acid groups (broad SMARTS) is 2. The van der Waals surface area contributed by atoms with E-state index in [9.17, 15) is 0 Å². The molecule has 0 amide bonds. The van der Waals surface area contributed by atoms with Gasteiger partial charge in [0.25, 0.3) is 12.9 Å². The number of aliphatic hydroxyl groups excluding tert-OH is 1. The number of rotatable bonds is 6. The van der Waals surface area contributed by atoms with Crippen LogP contribution in [0.3, 0.4) is 0 Å². The Morgan fingerprint density at radius 2 is 1.85 bits per heavy atom. The fourth-order valence-electron chi connectivity index (χ4n) is 2.77. The molecule has 1 saturated heterocycles. The lowest BCUT2D eigenvalue weighted by atomic mass is 10.2. The quantitative estimate of drug-likeness (QED) is 0.496. The largest absolute Gasteiger partial charge is 0.483 e. The van der Waals surface area contributed by atoms with Gasteiger partial charge in [-0.15, -0.1) is 11.3 Å². The summed E-state index contributed by atoms with van der Waals surface area (Å²) in [6.07, 6.45) is 3.97. The van der Waals surface area contributed by atoms with Crippen LogP contribution in [-0.2, 0) is 16.1 Å². The van der Waals surface area contributed by atoms with Crippen molar-refractivity contribution >= 4 is 24.3 Å². The van der Waals surface area contributed by atoms with Crippen LogP contribution in [0.5, 0.6) is 0 Å². The Bertz CT molecular complexity index is 570. The smallest absolute Gasteiger partial charge is 0.290 e. The van der Waals surface area contributed by atoms with Crippen molar-refractivity contribution in [1.82, 2.24) is 9.80 Å². The Morgan fingerprint density at radius 1 is 1.26 bits per heavy atom. The van der Waals surface area contributed by atoms with E-state index in [-0.39, 0.29) is 19.6 Å². The molecular formula is C19H30N2O5S. The van der Waals surface area contributed by atoms with Crippen molar-refractivity contribution in [3.8, 4) is 11.8 Å². The number of hydrogen-bond acceptors (Lipinski definition) is 6. The molecule has 1 unspecified atom stereocenters. The molecule has 1 aromatic heterocycles. The van der Waals surface area contributed by atoms with E-state index in [0.717, 1.165) is 18.0 Å². The first-order valence-corrected chi connectivity index (χ1v) is 9.60. The summed E-state index contributed by atoms with van der Waals surface area (Å²) in [7, 11) is 2.19. The first-order valence-electron chi connectivity index (χ1n) is 8.79. The molecule has 1 aromatic rings. The lowest BCUT2D eigenvalue weighted by Gasteiger charge is -2.26. The Morgan fingerprint density at radius 3 is 2.41 bits per heavy atom. The normalized spacial score (nSPS) is 14.1. The van der Waals surface area contributed by atoms with Gasteiger partial charge in [-0.05, 0) is 65.0 Å². The summed E-state index contributed by atoms with van der Waals surface area (Å²) >= 11 is 1.72. The van der Waals surface area contributed by atoms with Gasteiger partial charge in [-0.3, -0.25) is 9.59 Å². The number of hydrogen-bond donors (Lipinski definition) is 3. The molecule has 0 saturated carbocycles. The van der Waals surface area contributed by atoms with Gasteiger partial charge in [0.15, 0.2) is 0 Å². The highest BCUT2D eigenvalue weighted by Crippen LogP contribution is 2.18. The van der Waals surface area contributed by atoms with Gasteiger partial charge in [-0.2, -0.15) is 0 Å². The molecular weight excluding hydrogens is 368 g/mol. The van der Waals surface area contributed by atoms with E-state index < -0.39 is 0 Å². The summed E-state index contributed by atoms with van der Waals surface area (Å²) < 4.78 is 0. The van der Waals surface area contributed by atoms with E-state index in [1.165, 1.54) is 37.2 Å². The second-order valence-corrected chi connectivity index (χ2v) is 7.22. The van der Waals surface area contributed by atoms with Gasteiger partial charge in [0.2, 0.25) is 0 Å². The molecule has 2 heterocycles. The molecule has 3 N–H and O–H groups in total. The van der Waals surface area contributed by atoms with Crippen LogP contribution >= 0.6 is 11.3 Å². The number of likely N-dealkylation sites (tertiary alicyclic amines) is 1. The minimum atomic E-state index is -0.250. The Kier molecular flexibility index (Phi) is 15.1. The number of aliphatic hydroxyl groups is 1. The molecule has 1 aliphatic rings. The van der Waals surface area contributed by atoms with E-state index in [1.54, 1.807) is 11.3 Å². The van der Waals surface area contributed by atoms with E-state index in [2.05, 4.69) is 41.7 Å². The maximum Gasteiger partial charge on any atom is 0.290 e. The summed E-state index contributed by atoms with van der Waals surface area (Å²) in [6.45, 7) is 6.46. The van der Waals surface area contributed by atoms with Crippen LogP contribution in [-0.4, -0.2) is 77.4 Å². The molecule has 7 nitrogen and oxygen atoms in total. The molecule has 2 rings (SSSR count). The Balaban J connectivity index is 0.000000997. The Hall–Kier alpha value is -1.92. The standard InChI is InChI=1S/C17H26N2OS.2CH2O2/c1-15(19-10-3-4-11-19)9-12-18(2)14-17-8-7-16(21-17)6-5-13-20;2*2-1-3/h7-8,15,20H,3-4,9-14H2,1-2H3;2*1H,(H,2,3). The number of thiophene rings is 1. The van der Waals surface area contributed by atoms with Crippen LogP contribution in [0.1, 0.15) is 35.9 Å². The van der Waals surface area contributed by atoms with Gasteiger partial charge in [0, 0.05) is 17.5 Å². The summed E-state index contributed by atoms with van der Waals surface area (Å²) in [4.78, 5) is 24.1. The van der Waals surface area contributed by atoms with Crippen molar-refractivity contribution in [2.24, 2.45) is 0 Å². The first-order chi connectivity index (χ1) is 13.0. The van der Waals surface area contributed by atoms with Crippen molar-refractivity contribution in [3.05, 3.63) is 21.9 Å². The lowest BCUT2D eigenvalue weighted by molar-refractivity contribution is -0.123. The molecule has 27 heavy (non-hydrogen) atoms. The maximum atomic E-state index is 8.71. The SMILES string of the molecule is CC(CCN(C)Cc1ccc(C#CCO)s1)N1CCCC1.O=CO.O=CO. The van der Waals surface area contributed by atoms with E-state index in [1.807, 2.05) is 6.07 Å². The third kappa shape index (κ3) is 12.2. The zero-order valence-electron chi connectivity index (χ0n) is 16.0. The minimum Gasteiger partial charge on any atom is -0.483 e. The molecule has 1 fully saturated rings. The maximum absolute atomic E-state index is 8.71. The summed E-state index contributed by atoms with van der Waals surface area (Å²) in [5.74, 6) is 5.67. The highest BCUT2D eigenvalue weighted by molar-refractivity contribution is 7.12. The van der Waals surface area contributed by atoms with E-state index in [0.29, 0.717) is 6.04 Å². The summed E-state index contributed by atoms with van der Waals surface area (Å²) in [6, 6.07) is 4.89. The van der Waals surface area contributed by atoms with Crippen molar-refractivity contribution in [2.75, 3.05) is 33.3 Å². The van der Waals surface area contributed by atoms with Crippen LogP contribution < -0.4 is 0 Å². The van der Waals surface area contributed by atoms with E-state index >= 15 is 0 Å². The van der Waals surface area contributed by atoms with Crippen molar-refractivity contribution in [3.63, 3.8) is 0 Å². The van der Waals surface area contributed by atoms with Crippen LogP contribution in [0.15, 0.2) is 12.1 Å². The summed E-state index contributed by atoms with van der Waals surface area (Å²) in [5.41, 5.74) is 0. The highest BCUT2D eigenvalue weighted by Gasteiger charge is 2.18. The van der Waals surface area contributed by atoms with Crippen LogP contribution in [0.2, 0.25) is 0 Å². The van der Waals surface area contributed by atoms with Gasteiger partial charge in [0.1, 0.15) is 6.61 Å². The van der Waals surface area contributed by atoms with Crippen molar-refractivity contribution < 1.29 is 24.9 Å². The number of carbonyl (C=O) groups is 2. The second kappa shape index (κ2) is 16.3. The van der Waals surface area contributed by atoms with Gasteiger partial charge in [0.05, 0.1) is 4.88 Å². The monoisotopic (exact) mass is 398 g/mol. The fourth-order valence-corrected chi connectivity index (χ4v) is 3.74. The zero-order valence-corrected chi connectivity index (χ0v) is 16.8. The molecule has 0 bridgehead atoms. The predicted octanol–water partition coefficient (Wildman–Crippen LogP) is 1.80. The van der Waals surface area contributed by atoms with E-state index in [4.69, 9.17) is 24.9 Å². The number of nitrogens with zero attached hydrogens (tertiary/aromatic N) is 2. The summed E-state index contributed by atoms with van der Waals surface area (Å²) in [5, 5.41) is 22.5. The molecule has 0 spiro atoms. The predicted molar refractivity (Wildman–Crippen MR) is 107 cm³/mol. The average molecular weight is 399 g/mol. The zero-order chi connectivity index (χ0) is 20.5. The van der Waals surface area contributed by atoms with Gasteiger partial charge < -0.3 is 25.1 Å². The molecule has 152 valence electrons. The average Bonchev–Trinajstić information content (AvgIpc) is 3.31. The van der Waals surface area contributed by atoms with Crippen molar-refractivity contribution in [2.45, 2.75) is 38.8 Å². The third-order valence-electron chi connectivity index (χ3n) is 4.07. The molecule has 8 heteroatoms. The topological polar surface area (TPSA) is 101 Å². The van der Waals surface area contributed by atoms with Gasteiger partial charge in [-0.25, -0.2) is 0 Å². The van der Waals surface area contributed by atoms with Crippen LogP contribution in [0, 0.1) is 11.8 Å². The second-order valence-electron chi connectivity index (χ2n) is 6.06. The molecule has 1 atom stereocenters. The van der Waals surface area contributed by atoms with Crippen molar-refractivity contribution in [1.29, 1.82) is 0 Å². The molecule has 0 radical (unpaired) electrons. The minimum absolute atomic E-state index is 0.0679. The fraction of sp³-hybridized carbons (Fsp3) is 0.579. The van der Waals surface area contributed by atoms with Crippen LogP contribution in [0.4, 0.5) is 0 Å². The van der Waals surface area contributed by atoms with Gasteiger partial charge >= 0.3 is 0 Å². The van der Waals surface area contributed by atoms with Gasteiger partial charge in [-0.1, -0.05) is 11.8 Å². The van der Waals surface area contributed by atoms with Crippen LogP contribution in [0.25, 0.3) is 0 Å². The highest BCUT2D eigenvalue weighted by atomic mass is 32.1. The lowest BCUT2D eigenvalue weighted by Crippen LogP contribution is -2.33. The Labute approximate surface area is 165 Å². The molecule has 1 aliphatic heterocycles. The molecule has 0 aromatic carbocycles. The molecule has 0 aliphatic carbocycles. The first kappa shape index (κ1) is 25.1.